The van der Waals surface area contributed by atoms with Crippen LogP contribution in [0.25, 0.3) is 21.6 Å². The van der Waals surface area contributed by atoms with E-state index in [9.17, 15) is 13.2 Å². The minimum atomic E-state index is -2.94. The van der Waals surface area contributed by atoms with E-state index in [1.807, 2.05) is 71.2 Å². The van der Waals surface area contributed by atoms with Gasteiger partial charge in [-0.2, -0.15) is 0 Å². The van der Waals surface area contributed by atoms with Crippen LogP contribution in [0.2, 0.25) is 0 Å². The smallest absolute Gasteiger partial charge is 0.308 e. The molecule has 1 aromatic carbocycles. The Morgan fingerprint density at radius 1 is 0.976 bits per heavy atom. The van der Waals surface area contributed by atoms with E-state index in [-0.39, 0.29) is 35.4 Å². The molecule has 3 aromatic rings. The first-order valence-electron chi connectivity index (χ1n) is 14.6. The van der Waals surface area contributed by atoms with Gasteiger partial charge in [0.2, 0.25) is 15.9 Å². The van der Waals surface area contributed by atoms with Gasteiger partial charge in [0.15, 0.2) is 0 Å². The van der Waals surface area contributed by atoms with E-state index in [1.54, 1.807) is 11.3 Å². The predicted octanol–water partition coefficient (Wildman–Crippen LogP) is 7.06. The molecule has 0 saturated heterocycles. The third-order valence-corrected chi connectivity index (χ3v) is 9.33. The number of ether oxygens (including phenoxy) is 2. The fourth-order valence-corrected chi connectivity index (χ4v) is 6.45. The average molecular weight is 604 g/mol. The number of nitrogens with one attached hydrogen (secondary N) is 1. The molecular formula is C31H45N3O5S2. The van der Waals surface area contributed by atoms with Crippen molar-refractivity contribution in [1.82, 2.24) is 14.7 Å². The first-order chi connectivity index (χ1) is 19.4. The van der Waals surface area contributed by atoms with Crippen LogP contribution in [0.5, 0.6) is 5.88 Å². The zero-order valence-electron chi connectivity index (χ0n) is 25.3. The van der Waals surface area contributed by atoms with Crippen molar-refractivity contribution in [3.63, 3.8) is 0 Å². The lowest BCUT2D eigenvalue weighted by molar-refractivity contribution is -0.152. The van der Waals surface area contributed by atoms with E-state index < -0.39 is 10.0 Å². The second-order valence-corrected chi connectivity index (χ2v) is 14.5. The molecular weight excluding hydrogens is 558 g/mol. The molecule has 2 aromatic heterocycles. The third-order valence-electron chi connectivity index (χ3n) is 6.31. The van der Waals surface area contributed by atoms with E-state index >= 15 is 0 Å². The summed E-state index contributed by atoms with van der Waals surface area (Å²) in [7, 11) is -2.94. The largest absolute Gasteiger partial charge is 0.473 e. The molecule has 2 aliphatic carbocycles. The standard InChI is InChI=1S/C16H16N2OS.C9H16O2.C6H13NO2S/c1-10(2)19-16-15(14-5-4-8-20-14)17-12-7-6-11(3)9-13(12)18-16;1-7(2)9(10)11-8-5-3-4-6-8;1-5(2)7-10(8,9)6-3-4-6/h4-10H,1-3H3;7-8H,3-6H2,1-2H3;5-7H,3-4H2,1-2H3. The number of hydrogen-bond donors (Lipinski definition) is 1. The lowest BCUT2D eigenvalue weighted by Crippen LogP contribution is -2.32. The van der Waals surface area contributed by atoms with Crippen LogP contribution >= 0.6 is 11.3 Å². The number of benzene rings is 1. The number of aryl methyl sites for hydroxylation is 1. The molecule has 226 valence electrons. The molecule has 2 heterocycles. The Kier molecular flexibility index (Phi) is 12.1. The lowest BCUT2D eigenvalue weighted by Gasteiger charge is -2.13. The number of rotatable bonds is 8. The Morgan fingerprint density at radius 2 is 1.66 bits per heavy atom. The Hall–Kier alpha value is -2.56. The second kappa shape index (κ2) is 15.1. The first kappa shape index (κ1) is 32.9. The van der Waals surface area contributed by atoms with Crippen LogP contribution < -0.4 is 9.46 Å². The SMILES string of the molecule is CC(C)C(=O)OC1CCCC1.CC(C)NS(=O)(=O)C1CC1.Cc1ccc2nc(-c3cccs3)c(OC(C)C)nc2c1. The highest BCUT2D eigenvalue weighted by molar-refractivity contribution is 7.90. The zero-order valence-corrected chi connectivity index (χ0v) is 27.0. The molecule has 8 nitrogen and oxygen atoms in total. The van der Waals surface area contributed by atoms with Gasteiger partial charge in [-0.15, -0.1) is 11.3 Å². The second-order valence-electron chi connectivity index (χ2n) is 11.5. The zero-order chi connectivity index (χ0) is 30.2. The maximum atomic E-state index is 11.1. The van der Waals surface area contributed by atoms with Crippen LogP contribution in [0.3, 0.4) is 0 Å². The van der Waals surface area contributed by atoms with Crippen LogP contribution in [0.1, 0.15) is 85.6 Å². The van der Waals surface area contributed by atoms with Crippen LogP contribution in [0.15, 0.2) is 35.7 Å². The fraction of sp³-hybridized carbons (Fsp3) is 0.581. The van der Waals surface area contributed by atoms with E-state index in [4.69, 9.17) is 14.5 Å². The van der Waals surface area contributed by atoms with E-state index in [1.165, 1.54) is 18.4 Å². The molecule has 0 bridgehead atoms. The minimum Gasteiger partial charge on any atom is -0.473 e. The molecule has 2 saturated carbocycles. The number of hydrogen-bond acceptors (Lipinski definition) is 8. The van der Waals surface area contributed by atoms with Gasteiger partial charge in [-0.25, -0.2) is 23.1 Å². The Labute approximate surface area is 249 Å². The summed E-state index contributed by atoms with van der Waals surface area (Å²) in [6.07, 6.45) is 6.54. The van der Waals surface area contributed by atoms with Gasteiger partial charge in [0, 0.05) is 6.04 Å². The van der Waals surface area contributed by atoms with Gasteiger partial charge in [0.25, 0.3) is 0 Å². The van der Waals surface area contributed by atoms with Crippen molar-refractivity contribution >= 4 is 38.4 Å². The third kappa shape index (κ3) is 10.7. The van der Waals surface area contributed by atoms with Crippen molar-refractivity contribution in [2.24, 2.45) is 5.92 Å². The van der Waals surface area contributed by atoms with E-state index in [2.05, 4.69) is 22.7 Å². The summed E-state index contributed by atoms with van der Waals surface area (Å²) in [4.78, 5) is 21.5. The summed E-state index contributed by atoms with van der Waals surface area (Å²) in [6.45, 7) is 13.5. The monoisotopic (exact) mass is 603 g/mol. The number of fused-ring (bicyclic) bond motifs is 1. The molecule has 2 aliphatic rings. The Balaban J connectivity index is 0.000000187. The van der Waals surface area contributed by atoms with Crippen molar-refractivity contribution in [2.75, 3.05) is 0 Å². The van der Waals surface area contributed by atoms with E-state index in [0.29, 0.717) is 5.88 Å². The lowest BCUT2D eigenvalue weighted by atomic mass is 10.2. The molecule has 0 aliphatic heterocycles. The van der Waals surface area contributed by atoms with Crippen LogP contribution in [0.4, 0.5) is 0 Å². The van der Waals surface area contributed by atoms with Gasteiger partial charge in [-0.05, 0) is 102 Å². The van der Waals surface area contributed by atoms with Gasteiger partial charge >= 0.3 is 5.97 Å². The van der Waals surface area contributed by atoms with Gasteiger partial charge < -0.3 is 9.47 Å². The molecule has 2 fully saturated rings. The van der Waals surface area contributed by atoms with E-state index in [0.717, 1.165) is 47.3 Å². The molecule has 0 amide bonds. The highest BCUT2D eigenvalue weighted by Crippen LogP contribution is 2.32. The summed E-state index contributed by atoms with van der Waals surface area (Å²) in [6, 6.07) is 10.2. The molecule has 0 unspecified atom stereocenters. The van der Waals surface area contributed by atoms with Gasteiger partial charge in [-0.1, -0.05) is 26.0 Å². The fourth-order valence-electron chi connectivity index (χ4n) is 4.14. The Bertz CT molecular complexity index is 1360. The number of sulfonamides is 1. The minimum absolute atomic E-state index is 0.0237. The topological polar surface area (TPSA) is 107 Å². The maximum Gasteiger partial charge on any atom is 0.308 e. The van der Waals surface area contributed by atoms with Gasteiger partial charge in [0.05, 0.1) is 33.2 Å². The van der Waals surface area contributed by atoms with Crippen molar-refractivity contribution < 1.29 is 22.7 Å². The summed E-state index contributed by atoms with van der Waals surface area (Å²) < 4.78 is 35.8. The number of carbonyl (C=O) groups is 1. The van der Waals surface area contributed by atoms with Crippen molar-refractivity contribution in [3.05, 3.63) is 41.3 Å². The molecule has 0 atom stereocenters. The summed E-state index contributed by atoms with van der Waals surface area (Å²) >= 11 is 1.65. The molecule has 41 heavy (non-hydrogen) atoms. The molecule has 1 N–H and O–H groups in total. The number of esters is 1. The normalized spacial score (nSPS) is 15.5. The summed E-state index contributed by atoms with van der Waals surface area (Å²) in [5.41, 5.74) is 3.77. The van der Waals surface area contributed by atoms with Crippen LogP contribution in [-0.2, 0) is 19.6 Å². The van der Waals surface area contributed by atoms with Gasteiger partial charge in [0.1, 0.15) is 11.8 Å². The quantitative estimate of drug-likeness (QED) is 0.275. The number of carbonyl (C=O) groups excluding carboxylic acids is 1. The highest BCUT2D eigenvalue weighted by atomic mass is 32.2. The molecule has 0 radical (unpaired) electrons. The van der Waals surface area contributed by atoms with Crippen molar-refractivity contribution in [2.45, 2.75) is 110 Å². The summed E-state index contributed by atoms with van der Waals surface area (Å²) in [5, 5.41) is 1.95. The van der Waals surface area contributed by atoms with Crippen LogP contribution in [-0.4, -0.2) is 47.9 Å². The number of aromatic nitrogens is 2. The maximum absolute atomic E-state index is 11.1. The van der Waals surface area contributed by atoms with Gasteiger partial charge in [-0.3, -0.25) is 4.79 Å². The number of thiophene rings is 1. The number of nitrogens with zero attached hydrogens (tertiary/aromatic N) is 2. The first-order valence-corrected chi connectivity index (χ1v) is 17.0. The molecule has 5 rings (SSSR count). The summed E-state index contributed by atoms with van der Waals surface area (Å²) in [5.74, 6) is 0.591. The van der Waals surface area contributed by atoms with Crippen molar-refractivity contribution in [1.29, 1.82) is 0 Å². The predicted molar refractivity (Wildman–Crippen MR) is 167 cm³/mol. The molecule has 0 spiro atoms. The Morgan fingerprint density at radius 3 is 2.20 bits per heavy atom. The molecule has 10 heteroatoms. The van der Waals surface area contributed by atoms with Crippen molar-refractivity contribution in [3.8, 4) is 16.5 Å². The van der Waals surface area contributed by atoms with Crippen LogP contribution in [0, 0.1) is 12.8 Å². The average Bonchev–Trinajstić information content (AvgIpc) is 3.38. The highest BCUT2D eigenvalue weighted by Gasteiger charge is 2.35.